The molecule has 0 saturated carbocycles. The highest BCUT2D eigenvalue weighted by Crippen LogP contribution is 2.25. The number of methoxy groups -OCH3 is 4. The van der Waals surface area contributed by atoms with Crippen LogP contribution in [0.4, 0.5) is 0 Å². The van der Waals surface area contributed by atoms with Gasteiger partial charge in [-0.15, -0.1) is 0 Å². The van der Waals surface area contributed by atoms with Crippen molar-refractivity contribution in [2.24, 2.45) is 5.10 Å². The first kappa shape index (κ1) is 26.1. The molecule has 1 amide bonds. The number of aromatic nitrogens is 2. The Hall–Kier alpha value is -4.99. The van der Waals surface area contributed by atoms with Gasteiger partial charge in [-0.1, -0.05) is 0 Å². The summed E-state index contributed by atoms with van der Waals surface area (Å²) in [5, 5.41) is 7.44. The van der Waals surface area contributed by atoms with Crippen molar-refractivity contribution >= 4 is 11.6 Å². The van der Waals surface area contributed by atoms with Gasteiger partial charge >= 0.3 is 0 Å². The zero-order valence-electron chi connectivity index (χ0n) is 21.7. The molecule has 0 unspecified atom stereocenters. The molecule has 0 atom stereocenters. The van der Waals surface area contributed by atoms with Crippen molar-refractivity contribution < 1.29 is 23.7 Å². The van der Waals surface area contributed by atoms with Gasteiger partial charge in [-0.25, -0.2) is 10.1 Å². The summed E-state index contributed by atoms with van der Waals surface area (Å²) < 4.78 is 22.4. The lowest BCUT2D eigenvalue weighted by atomic mass is 10.1. The number of hydrazone groups is 1. The monoisotopic (exact) mass is 516 g/mol. The minimum atomic E-state index is -0.487. The van der Waals surface area contributed by atoms with E-state index in [-0.39, 0.29) is 11.1 Å². The van der Waals surface area contributed by atoms with Crippen LogP contribution in [0.25, 0.3) is 16.9 Å². The van der Waals surface area contributed by atoms with Crippen molar-refractivity contribution in [3.8, 4) is 39.9 Å². The molecule has 0 aliphatic carbocycles. The van der Waals surface area contributed by atoms with E-state index >= 15 is 0 Å². The summed E-state index contributed by atoms with van der Waals surface area (Å²) in [5.41, 5.74) is 4.98. The molecule has 196 valence electrons. The van der Waals surface area contributed by atoms with Crippen LogP contribution in [-0.4, -0.2) is 49.8 Å². The molecule has 0 radical (unpaired) electrons. The Balaban J connectivity index is 1.75. The van der Waals surface area contributed by atoms with Crippen LogP contribution in [0.1, 0.15) is 22.8 Å². The minimum absolute atomic E-state index is 0.290. The molecule has 0 spiro atoms. The van der Waals surface area contributed by atoms with E-state index in [1.165, 1.54) is 18.9 Å². The fourth-order valence-corrected chi connectivity index (χ4v) is 3.85. The highest BCUT2D eigenvalue weighted by atomic mass is 16.5. The van der Waals surface area contributed by atoms with Gasteiger partial charge in [-0.3, -0.25) is 14.7 Å². The van der Waals surface area contributed by atoms with E-state index < -0.39 is 5.91 Å². The van der Waals surface area contributed by atoms with E-state index in [1.807, 2.05) is 12.1 Å². The van der Waals surface area contributed by atoms with Crippen molar-refractivity contribution in [2.45, 2.75) is 6.92 Å². The van der Waals surface area contributed by atoms with Crippen LogP contribution in [0.2, 0.25) is 0 Å². The SMILES string of the molecule is COc1ccc(-c2[nH]n(-c3ccc(OC)cc3)c(=O)c2C(C)=NNC(=O)c2cc(OC)cc(OC)c2)cc1. The van der Waals surface area contributed by atoms with Gasteiger partial charge < -0.3 is 18.9 Å². The molecule has 2 N–H and O–H groups in total. The number of H-pyrrole nitrogens is 1. The fraction of sp³-hybridized carbons (Fsp3) is 0.179. The maximum atomic E-state index is 13.6. The number of ether oxygens (including phenoxy) is 4. The first-order chi connectivity index (χ1) is 18.4. The quantitative estimate of drug-likeness (QED) is 0.256. The number of rotatable bonds is 9. The van der Waals surface area contributed by atoms with E-state index in [4.69, 9.17) is 18.9 Å². The molecule has 10 heteroatoms. The number of benzene rings is 3. The van der Waals surface area contributed by atoms with E-state index in [2.05, 4.69) is 15.6 Å². The second-order valence-electron chi connectivity index (χ2n) is 8.17. The largest absolute Gasteiger partial charge is 0.497 e. The Morgan fingerprint density at radius 3 is 1.84 bits per heavy atom. The summed E-state index contributed by atoms with van der Waals surface area (Å²) in [5.74, 6) is 1.78. The number of nitrogens with one attached hydrogen (secondary N) is 2. The van der Waals surface area contributed by atoms with Crippen molar-refractivity contribution in [1.29, 1.82) is 0 Å². The number of hydrogen-bond acceptors (Lipinski definition) is 7. The third kappa shape index (κ3) is 5.39. The molecule has 10 nitrogen and oxygen atoms in total. The number of aromatic amines is 1. The minimum Gasteiger partial charge on any atom is -0.497 e. The Morgan fingerprint density at radius 1 is 0.789 bits per heavy atom. The van der Waals surface area contributed by atoms with Gasteiger partial charge in [0.2, 0.25) is 0 Å². The van der Waals surface area contributed by atoms with Gasteiger partial charge in [-0.05, 0) is 67.6 Å². The maximum Gasteiger partial charge on any atom is 0.281 e. The molecule has 4 aromatic rings. The predicted octanol–water partition coefficient (Wildman–Crippen LogP) is 4.02. The Morgan fingerprint density at radius 2 is 1.32 bits per heavy atom. The number of carbonyl (C=O) groups is 1. The standard InChI is InChI=1S/C28H28N4O6/c1-17(29-30-27(33)19-14-23(37-4)16-24(15-19)38-5)25-26(18-6-10-21(35-2)11-7-18)31-32(28(25)34)20-8-12-22(36-3)13-9-20/h6-16,31H,1-5H3,(H,30,33). The summed E-state index contributed by atoms with van der Waals surface area (Å²) in [6.07, 6.45) is 0. The zero-order chi connectivity index (χ0) is 27.2. The van der Waals surface area contributed by atoms with E-state index in [1.54, 1.807) is 75.7 Å². The first-order valence-electron chi connectivity index (χ1n) is 11.6. The van der Waals surface area contributed by atoms with Crippen LogP contribution in [0, 0.1) is 0 Å². The molecule has 1 heterocycles. The van der Waals surface area contributed by atoms with Crippen molar-refractivity contribution in [3.05, 3.63) is 88.2 Å². The lowest BCUT2D eigenvalue weighted by molar-refractivity contribution is 0.0954. The van der Waals surface area contributed by atoms with Crippen LogP contribution in [0.15, 0.2) is 76.6 Å². The second kappa shape index (κ2) is 11.4. The summed E-state index contributed by atoms with van der Waals surface area (Å²) in [7, 11) is 6.16. The van der Waals surface area contributed by atoms with Crippen LogP contribution in [-0.2, 0) is 0 Å². The Bertz CT molecular complexity index is 1500. The maximum absolute atomic E-state index is 13.6. The average Bonchev–Trinajstić information content (AvgIpc) is 3.32. The topological polar surface area (TPSA) is 116 Å². The Kier molecular flexibility index (Phi) is 7.81. The first-order valence-corrected chi connectivity index (χ1v) is 11.6. The summed E-state index contributed by atoms with van der Waals surface area (Å²) in [6, 6.07) is 19.1. The third-order valence-electron chi connectivity index (χ3n) is 5.90. The van der Waals surface area contributed by atoms with E-state index in [0.717, 1.165) is 5.56 Å². The molecule has 0 bridgehead atoms. The van der Waals surface area contributed by atoms with E-state index in [0.29, 0.717) is 45.7 Å². The normalized spacial score (nSPS) is 11.1. The van der Waals surface area contributed by atoms with Crippen LogP contribution < -0.4 is 29.9 Å². The highest BCUT2D eigenvalue weighted by Gasteiger charge is 2.20. The molecular formula is C28H28N4O6. The summed E-state index contributed by atoms with van der Waals surface area (Å²) in [6.45, 7) is 1.66. The van der Waals surface area contributed by atoms with Gasteiger partial charge in [0.05, 0.1) is 51.1 Å². The van der Waals surface area contributed by atoms with Gasteiger partial charge in [0.15, 0.2) is 0 Å². The van der Waals surface area contributed by atoms with Gasteiger partial charge in [-0.2, -0.15) is 5.10 Å². The smallest absolute Gasteiger partial charge is 0.281 e. The molecule has 38 heavy (non-hydrogen) atoms. The molecule has 1 aromatic heterocycles. The summed E-state index contributed by atoms with van der Waals surface area (Å²) >= 11 is 0. The lowest BCUT2D eigenvalue weighted by Crippen LogP contribution is -2.23. The van der Waals surface area contributed by atoms with Crippen molar-refractivity contribution in [3.63, 3.8) is 0 Å². The molecule has 0 fully saturated rings. The average molecular weight is 517 g/mol. The van der Waals surface area contributed by atoms with Crippen molar-refractivity contribution in [1.82, 2.24) is 15.2 Å². The third-order valence-corrected chi connectivity index (χ3v) is 5.90. The highest BCUT2D eigenvalue weighted by molar-refractivity contribution is 6.04. The molecule has 3 aromatic carbocycles. The van der Waals surface area contributed by atoms with Crippen molar-refractivity contribution in [2.75, 3.05) is 28.4 Å². The van der Waals surface area contributed by atoms with E-state index in [9.17, 15) is 9.59 Å². The van der Waals surface area contributed by atoms with Gasteiger partial charge in [0.1, 0.15) is 23.0 Å². The molecule has 4 rings (SSSR count). The molecule has 0 aliphatic heterocycles. The predicted molar refractivity (Wildman–Crippen MR) is 144 cm³/mol. The van der Waals surface area contributed by atoms with Gasteiger partial charge in [0, 0.05) is 17.2 Å². The van der Waals surface area contributed by atoms with Crippen LogP contribution in [0.3, 0.4) is 0 Å². The number of hydrogen-bond donors (Lipinski definition) is 2. The Labute approximate surface area is 219 Å². The summed E-state index contributed by atoms with van der Waals surface area (Å²) in [4.78, 5) is 26.5. The van der Waals surface area contributed by atoms with Gasteiger partial charge in [0.25, 0.3) is 11.5 Å². The molecule has 0 saturated heterocycles. The second-order valence-corrected chi connectivity index (χ2v) is 8.17. The fourth-order valence-electron chi connectivity index (χ4n) is 3.85. The molecule has 0 aliphatic rings. The van der Waals surface area contributed by atoms with Crippen LogP contribution in [0.5, 0.6) is 23.0 Å². The lowest BCUT2D eigenvalue weighted by Gasteiger charge is -2.08. The number of amides is 1. The molecular weight excluding hydrogens is 488 g/mol. The number of carbonyl (C=O) groups excluding carboxylic acids is 1. The zero-order valence-corrected chi connectivity index (χ0v) is 21.7. The van der Waals surface area contributed by atoms with Crippen LogP contribution >= 0.6 is 0 Å². The number of nitrogens with zero attached hydrogens (tertiary/aromatic N) is 2.